The summed E-state index contributed by atoms with van der Waals surface area (Å²) in [6.07, 6.45) is 2.38. The number of nitrogens with zero attached hydrogens (tertiary/aromatic N) is 2. The van der Waals surface area contributed by atoms with Gasteiger partial charge in [-0.25, -0.2) is 0 Å². The first-order chi connectivity index (χ1) is 12.8. The van der Waals surface area contributed by atoms with Gasteiger partial charge in [0.15, 0.2) is 0 Å². The van der Waals surface area contributed by atoms with Crippen LogP contribution in [0.3, 0.4) is 0 Å². The monoisotopic (exact) mass is 522 g/mol. The highest BCUT2D eigenvalue weighted by Crippen LogP contribution is 2.46. The highest BCUT2D eigenvalue weighted by Gasteiger charge is 2.27. The molecule has 1 aliphatic heterocycles. The quantitative estimate of drug-likeness (QED) is 0.301. The molecular formula is C21H19IN2S3. The van der Waals surface area contributed by atoms with E-state index in [0.29, 0.717) is 0 Å². The lowest BCUT2D eigenvalue weighted by atomic mass is 10.2. The number of thiazole rings is 1. The van der Waals surface area contributed by atoms with E-state index in [9.17, 15) is 0 Å². The molecule has 2 aromatic carbocycles. The van der Waals surface area contributed by atoms with Crippen molar-refractivity contribution in [3.63, 3.8) is 0 Å². The van der Waals surface area contributed by atoms with Crippen LogP contribution in [0.15, 0.2) is 57.8 Å². The number of anilines is 1. The molecule has 6 heteroatoms. The molecule has 0 unspecified atom stereocenters. The standard InChI is InChI=1S/C21H19N2S3.HI/c1-3-22-15-7-5-6-8-17(15)25-19(22)13-20-23(4-2)21-14-11-12-24-16(14)9-10-18(21)26-20;/h5-13H,3-4H2,1-2H3;1H/q+1;/p-1. The van der Waals surface area contributed by atoms with Crippen molar-refractivity contribution < 1.29 is 28.5 Å². The Bertz CT molecular complexity index is 1160. The molecule has 5 rings (SSSR count). The van der Waals surface area contributed by atoms with Crippen LogP contribution in [0.1, 0.15) is 18.9 Å². The van der Waals surface area contributed by atoms with Crippen molar-refractivity contribution in [2.45, 2.75) is 25.3 Å². The van der Waals surface area contributed by atoms with Gasteiger partial charge >= 0.3 is 0 Å². The summed E-state index contributed by atoms with van der Waals surface area (Å²) < 4.78 is 5.21. The SMILES string of the molecule is CCN1C(=Cc2sc3ccc4sccc4c3[n+]2CC)Sc2ccccc21.[I-]. The van der Waals surface area contributed by atoms with Crippen molar-refractivity contribution in [2.24, 2.45) is 0 Å². The van der Waals surface area contributed by atoms with Crippen LogP contribution in [0.25, 0.3) is 26.4 Å². The molecule has 27 heavy (non-hydrogen) atoms. The summed E-state index contributed by atoms with van der Waals surface area (Å²) in [6, 6.07) is 15.5. The van der Waals surface area contributed by atoms with E-state index in [1.165, 1.54) is 40.9 Å². The number of benzene rings is 2. The summed E-state index contributed by atoms with van der Waals surface area (Å²) in [7, 11) is 0. The summed E-state index contributed by atoms with van der Waals surface area (Å²) in [5, 5.41) is 6.23. The van der Waals surface area contributed by atoms with Crippen molar-refractivity contribution in [1.82, 2.24) is 0 Å². The number of thioether (sulfide) groups is 1. The van der Waals surface area contributed by atoms with E-state index in [-0.39, 0.29) is 24.0 Å². The second-order valence-electron chi connectivity index (χ2n) is 6.23. The molecule has 0 saturated heterocycles. The van der Waals surface area contributed by atoms with Gasteiger partial charge in [0.1, 0.15) is 11.2 Å². The normalized spacial score (nSPS) is 14.9. The molecule has 0 saturated carbocycles. The maximum Gasteiger partial charge on any atom is 0.265 e. The van der Waals surface area contributed by atoms with Gasteiger partial charge in [-0.2, -0.15) is 4.57 Å². The maximum absolute atomic E-state index is 2.47. The van der Waals surface area contributed by atoms with E-state index in [4.69, 9.17) is 0 Å². The van der Waals surface area contributed by atoms with Gasteiger partial charge < -0.3 is 28.9 Å². The maximum atomic E-state index is 2.47. The van der Waals surface area contributed by atoms with Crippen molar-refractivity contribution >= 4 is 66.5 Å². The average Bonchev–Trinajstić information content (AvgIpc) is 3.35. The Balaban J connectivity index is 0.00000180. The molecule has 0 N–H and O–H groups in total. The minimum Gasteiger partial charge on any atom is -1.00 e. The van der Waals surface area contributed by atoms with Crippen molar-refractivity contribution in [2.75, 3.05) is 11.4 Å². The van der Waals surface area contributed by atoms with Gasteiger partial charge in [-0.1, -0.05) is 35.2 Å². The molecule has 0 spiro atoms. The number of thiophene rings is 1. The van der Waals surface area contributed by atoms with Crippen molar-refractivity contribution in [3.8, 4) is 0 Å². The summed E-state index contributed by atoms with van der Waals surface area (Å²) in [4.78, 5) is 3.77. The molecule has 0 fully saturated rings. The van der Waals surface area contributed by atoms with Gasteiger partial charge in [0.05, 0.1) is 22.2 Å². The van der Waals surface area contributed by atoms with Crippen LogP contribution in [-0.2, 0) is 6.54 Å². The van der Waals surface area contributed by atoms with E-state index in [0.717, 1.165) is 13.1 Å². The van der Waals surface area contributed by atoms with Crippen LogP contribution in [0, 0.1) is 0 Å². The third-order valence-electron chi connectivity index (χ3n) is 4.84. The van der Waals surface area contributed by atoms with Gasteiger partial charge in [0, 0.05) is 16.1 Å². The molecule has 0 atom stereocenters. The molecule has 2 nitrogen and oxygen atoms in total. The van der Waals surface area contributed by atoms with Crippen LogP contribution in [-0.4, -0.2) is 6.54 Å². The first-order valence-corrected chi connectivity index (χ1v) is 11.4. The Morgan fingerprint density at radius 1 is 1.04 bits per heavy atom. The average molecular weight is 523 g/mol. The lowest BCUT2D eigenvalue weighted by molar-refractivity contribution is -0.664. The van der Waals surface area contributed by atoms with Crippen molar-refractivity contribution in [3.05, 3.63) is 57.9 Å². The molecular weight excluding hydrogens is 503 g/mol. The predicted molar refractivity (Wildman–Crippen MR) is 116 cm³/mol. The van der Waals surface area contributed by atoms with Gasteiger partial charge in [0.2, 0.25) is 5.52 Å². The third kappa shape index (κ3) is 3.10. The fourth-order valence-electron chi connectivity index (χ4n) is 3.66. The smallest absolute Gasteiger partial charge is 0.265 e. The Labute approximate surface area is 188 Å². The Morgan fingerprint density at radius 2 is 1.85 bits per heavy atom. The van der Waals surface area contributed by atoms with Gasteiger partial charge in [-0.3, -0.25) is 0 Å². The summed E-state index contributed by atoms with van der Waals surface area (Å²) >= 11 is 5.60. The molecule has 3 heterocycles. The number of hydrogen-bond donors (Lipinski definition) is 0. The number of hydrogen-bond acceptors (Lipinski definition) is 4. The minimum absolute atomic E-state index is 0. The lowest BCUT2D eigenvalue weighted by Gasteiger charge is -2.17. The fourth-order valence-corrected chi connectivity index (χ4v) is 6.87. The molecule has 0 aliphatic carbocycles. The van der Waals surface area contributed by atoms with Crippen LogP contribution >= 0.6 is 34.4 Å². The Hall–Kier alpha value is -1.09. The topological polar surface area (TPSA) is 7.12 Å². The zero-order valence-corrected chi connectivity index (χ0v) is 19.7. The second-order valence-corrected chi connectivity index (χ2v) is 9.30. The molecule has 138 valence electrons. The minimum atomic E-state index is 0. The molecule has 1 aliphatic rings. The van der Waals surface area contributed by atoms with Crippen LogP contribution in [0.5, 0.6) is 0 Å². The number of fused-ring (bicyclic) bond motifs is 4. The number of halogens is 1. The molecule has 0 radical (unpaired) electrons. The molecule has 0 amide bonds. The first-order valence-electron chi connectivity index (χ1n) is 8.88. The second kappa shape index (κ2) is 7.73. The molecule has 4 aromatic rings. The fraction of sp³-hybridized carbons (Fsp3) is 0.190. The van der Waals surface area contributed by atoms with E-state index in [1.807, 2.05) is 34.4 Å². The first kappa shape index (κ1) is 19.2. The predicted octanol–water partition coefficient (Wildman–Crippen LogP) is 3.36. The molecule has 0 bridgehead atoms. The largest absolute Gasteiger partial charge is 1.00 e. The zero-order chi connectivity index (χ0) is 17.7. The van der Waals surface area contributed by atoms with E-state index < -0.39 is 0 Å². The third-order valence-corrected chi connectivity index (χ3v) is 7.93. The van der Waals surface area contributed by atoms with Gasteiger partial charge in [0.25, 0.3) is 5.01 Å². The Kier molecular flexibility index (Phi) is 5.51. The Morgan fingerprint density at radius 3 is 2.67 bits per heavy atom. The van der Waals surface area contributed by atoms with Crippen LogP contribution < -0.4 is 33.4 Å². The number of aromatic nitrogens is 1. The highest BCUT2D eigenvalue weighted by atomic mass is 127. The van der Waals surface area contributed by atoms with E-state index in [2.05, 4.69) is 77.2 Å². The van der Waals surface area contributed by atoms with E-state index >= 15 is 0 Å². The lowest BCUT2D eigenvalue weighted by Crippen LogP contribution is -3.00. The van der Waals surface area contributed by atoms with Crippen LogP contribution in [0.4, 0.5) is 5.69 Å². The van der Waals surface area contributed by atoms with Crippen molar-refractivity contribution in [1.29, 1.82) is 0 Å². The zero-order valence-electron chi connectivity index (χ0n) is 15.1. The van der Waals surface area contributed by atoms with E-state index in [1.54, 1.807) is 0 Å². The highest BCUT2D eigenvalue weighted by molar-refractivity contribution is 8.03. The number of rotatable bonds is 3. The van der Waals surface area contributed by atoms with Crippen LogP contribution in [0.2, 0.25) is 0 Å². The summed E-state index contributed by atoms with van der Waals surface area (Å²) in [5.41, 5.74) is 2.71. The number of para-hydroxylation sites is 1. The summed E-state index contributed by atoms with van der Waals surface area (Å²) in [5.74, 6) is 0. The summed E-state index contributed by atoms with van der Waals surface area (Å²) in [6.45, 7) is 6.44. The molecule has 2 aromatic heterocycles. The van der Waals surface area contributed by atoms with Gasteiger partial charge in [-0.15, -0.1) is 11.3 Å². The number of aryl methyl sites for hydroxylation is 1. The van der Waals surface area contributed by atoms with Gasteiger partial charge in [-0.05, 0) is 49.6 Å².